The van der Waals surface area contributed by atoms with Crippen molar-refractivity contribution in [1.29, 1.82) is 0 Å². The van der Waals surface area contributed by atoms with E-state index < -0.39 is 0 Å². The first-order valence-electron chi connectivity index (χ1n) is 10.7. The van der Waals surface area contributed by atoms with Crippen molar-refractivity contribution in [3.63, 3.8) is 0 Å². The van der Waals surface area contributed by atoms with E-state index >= 15 is 0 Å². The number of carbonyl (C=O) groups excluding carboxylic acids is 1. The monoisotopic (exact) mass is 379 g/mol. The van der Waals surface area contributed by atoms with Gasteiger partial charge in [0.15, 0.2) is 5.76 Å². The van der Waals surface area contributed by atoms with Gasteiger partial charge in [0.2, 0.25) is 0 Å². The van der Waals surface area contributed by atoms with Crippen LogP contribution >= 0.6 is 0 Å². The first kappa shape index (κ1) is 17.8. The van der Waals surface area contributed by atoms with Gasteiger partial charge in [-0.05, 0) is 75.9 Å². The van der Waals surface area contributed by atoms with Crippen LogP contribution in [-0.2, 0) is 0 Å². The molecule has 1 aromatic carbocycles. The Morgan fingerprint density at radius 1 is 1.04 bits per heavy atom. The molecule has 28 heavy (non-hydrogen) atoms. The van der Waals surface area contributed by atoms with Crippen molar-refractivity contribution in [2.24, 2.45) is 5.92 Å². The van der Waals surface area contributed by atoms with Gasteiger partial charge in [-0.1, -0.05) is 12.1 Å². The average molecular weight is 380 g/mol. The predicted molar refractivity (Wildman–Crippen MR) is 111 cm³/mol. The molecular weight excluding hydrogens is 350 g/mol. The van der Waals surface area contributed by atoms with Crippen LogP contribution in [0.25, 0.3) is 11.3 Å². The van der Waals surface area contributed by atoms with Crippen LogP contribution < -0.4 is 10.2 Å². The summed E-state index contributed by atoms with van der Waals surface area (Å²) in [5.41, 5.74) is 2.27. The molecule has 0 saturated carbocycles. The molecule has 2 aromatic rings. The van der Waals surface area contributed by atoms with Crippen LogP contribution in [0, 0.1) is 5.92 Å². The molecule has 1 aromatic heterocycles. The molecule has 0 spiro atoms. The number of nitrogens with one attached hydrogen (secondary N) is 1. The number of hydrogen-bond donors (Lipinski definition) is 1. The molecule has 5 nitrogen and oxygen atoms in total. The van der Waals surface area contributed by atoms with Crippen LogP contribution in [0.15, 0.2) is 40.8 Å². The van der Waals surface area contributed by atoms with E-state index in [1.54, 1.807) is 0 Å². The highest BCUT2D eigenvalue weighted by Crippen LogP contribution is 2.35. The minimum absolute atomic E-state index is 0.0875. The summed E-state index contributed by atoms with van der Waals surface area (Å²) in [6.07, 6.45) is 4.83. The van der Waals surface area contributed by atoms with Crippen LogP contribution in [0.2, 0.25) is 0 Å². The number of para-hydroxylation sites is 1. The SMILES string of the molecule is C[C@H]1[C@H](NC(=O)c2ccc(-c3ccccc3N3CCCC3)o2)C2CCN1CC2. The molecule has 0 unspecified atom stereocenters. The molecule has 4 aliphatic heterocycles. The Labute approximate surface area is 166 Å². The van der Waals surface area contributed by atoms with E-state index in [0.717, 1.165) is 37.5 Å². The van der Waals surface area contributed by atoms with Crippen LogP contribution in [0.4, 0.5) is 5.69 Å². The molecule has 4 saturated heterocycles. The lowest BCUT2D eigenvalue weighted by Crippen LogP contribution is -2.62. The molecule has 0 radical (unpaired) electrons. The molecular formula is C23H29N3O2. The number of amides is 1. The van der Waals surface area contributed by atoms with Crippen LogP contribution in [0.3, 0.4) is 0 Å². The molecule has 6 rings (SSSR count). The highest BCUT2D eigenvalue weighted by Gasteiger charge is 2.40. The molecule has 1 N–H and O–H groups in total. The maximum Gasteiger partial charge on any atom is 0.287 e. The normalized spacial score (nSPS) is 29.2. The minimum Gasteiger partial charge on any atom is -0.451 e. The number of nitrogens with zero attached hydrogens (tertiary/aromatic N) is 2. The van der Waals surface area contributed by atoms with Crippen molar-refractivity contribution in [3.8, 4) is 11.3 Å². The second-order valence-corrected chi connectivity index (χ2v) is 8.49. The standard InChI is InChI=1S/C23H29N3O2/c1-16-22(17-10-14-25(16)15-11-17)24-23(27)21-9-8-20(28-21)18-6-2-3-7-19(18)26-12-4-5-13-26/h2-3,6-9,16-17,22H,4-5,10-15H2,1H3,(H,24,27)/t16-,22-/m0/s1. The van der Waals surface area contributed by atoms with Crippen molar-refractivity contribution < 1.29 is 9.21 Å². The van der Waals surface area contributed by atoms with E-state index in [9.17, 15) is 4.79 Å². The van der Waals surface area contributed by atoms with E-state index in [4.69, 9.17) is 4.42 Å². The van der Waals surface area contributed by atoms with Crippen molar-refractivity contribution in [1.82, 2.24) is 10.2 Å². The zero-order valence-corrected chi connectivity index (χ0v) is 16.6. The summed E-state index contributed by atoms with van der Waals surface area (Å²) in [4.78, 5) is 17.8. The highest BCUT2D eigenvalue weighted by atomic mass is 16.4. The third kappa shape index (κ3) is 3.12. The summed E-state index contributed by atoms with van der Waals surface area (Å²) in [7, 11) is 0. The zero-order chi connectivity index (χ0) is 19.1. The van der Waals surface area contributed by atoms with E-state index in [0.29, 0.717) is 17.7 Å². The summed E-state index contributed by atoms with van der Waals surface area (Å²) in [6.45, 7) is 6.73. The number of benzene rings is 1. The Morgan fingerprint density at radius 2 is 1.79 bits per heavy atom. The van der Waals surface area contributed by atoms with Crippen LogP contribution in [0.1, 0.15) is 43.2 Å². The zero-order valence-electron chi connectivity index (χ0n) is 16.6. The summed E-state index contributed by atoms with van der Waals surface area (Å²) in [5.74, 6) is 1.69. The maximum absolute atomic E-state index is 12.9. The Balaban J connectivity index is 1.35. The van der Waals surface area contributed by atoms with Gasteiger partial charge in [0.25, 0.3) is 5.91 Å². The van der Waals surface area contributed by atoms with Gasteiger partial charge in [0.1, 0.15) is 5.76 Å². The topological polar surface area (TPSA) is 48.7 Å². The van der Waals surface area contributed by atoms with Gasteiger partial charge in [-0.2, -0.15) is 0 Å². The predicted octanol–water partition coefficient (Wildman–Crippen LogP) is 3.76. The van der Waals surface area contributed by atoms with Gasteiger partial charge >= 0.3 is 0 Å². The number of carbonyl (C=O) groups is 1. The van der Waals surface area contributed by atoms with Crippen LogP contribution in [-0.4, -0.2) is 49.1 Å². The third-order valence-corrected chi connectivity index (χ3v) is 6.92. The molecule has 2 atom stereocenters. The number of rotatable bonds is 4. The van der Waals surface area contributed by atoms with Crippen molar-refractivity contribution in [3.05, 3.63) is 42.2 Å². The molecule has 5 heteroatoms. The third-order valence-electron chi connectivity index (χ3n) is 6.92. The molecule has 1 amide bonds. The summed E-state index contributed by atoms with van der Waals surface area (Å²) in [5, 5.41) is 3.27. The van der Waals surface area contributed by atoms with Gasteiger partial charge in [-0.25, -0.2) is 0 Å². The van der Waals surface area contributed by atoms with E-state index in [2.05, 4.69) is 40.2 Å². The fourth-order valence-corrected chi connectivity index (χ4v) is 5.29. The molecule has 0 aliphatic carbocycles. The second kappa shape index (κ2) is 7.28. The number of fused-ring (bicyclic) bond motifs is 3. The van der Waals surface area contributed by atoms with Gasteiger partial charge < -0.3 is 14.6 Å². The Bertz CT molecular complexity index is 845. The van der Waals surface area contributed by atoms with Gasteiger partial charge in [-0.3, -0.25) is 9.69 Å². The fraction of sp³-hybridized carbons (Fsp3) is 0.522. The molecule has 4 fully saturated rings. The van der Waals surface area contributed by atoms with Crippen molar-refractivity contribution in [2.75, 3.05) is 31.1 Å². The second-order valence-electron chi connectivity index (χ2n) is 8.49. The first-order chi connectivity index (χ1) is 13.7. The van der Waals surface area contributed by atoms with Gasteiger partial charge in [0.05, 0.1) is 0 Å². The molecule has 5 heterocycles. The number of anilines is 1. The number of piperidine rings is 3. The molecule has 148 valence electrons. The lowest BCUT2D eigenvalue weighted by Gasteiger charge is -2.49. The first-order valence-corrected chi connectivity index (χ1v) is 10.7. The molecule has 2 bridgehead atoms. The van der Waals surface area contributed by atoms with Gasteiger partial charge in [-0.15, -0.1) is 0 Å². The summed E-state index contributed by atoms with van der Waals surface area (Å²) < 4.78 is 6.04. The maximum atomic E-state index is 12.9. The average Bonchev–Trinajstić information content (AvgIpc) is 3.43. The fourth-order valence-electron chi connectivity index (χ4n) is 5.29. The van der Waals surface area contributed by atoms with E-state index in [-0.39, 0.29) is 11.9 Å². The number of furan rings is 1. The smallest absolute Gasteiger partial charge is 0.287 e. The minimum atomic E-state index is -0.0875. The van der Waals surface area contributed by atoms with Gasteiger partial charge in [0, 0.05) is 36.4 Å². The quantitative estimate of drug-likeness (QED) is 0.879. The van der Waals surface area contributed by atoms with Crippen molar-refractivity contribution >= 4 is 11.6 Å². The Morgan fingerprint density at radius 3 is 2.54 bits per heavy atom. The Kier molecular flexibility index (Phi) is 4.63. The van der Waals surface area contributed by atoms with E-state index in [1.807, 2.05) is 18.2 Å². The highest BCUT2D eigenvalue weighted by molar-refractivity contribution is 5.92. The largest absolute Gasteiger partial charge is 0.451 e. The summed E-state index contributed by atoms with van der Waals surface area (Å²) >= 11 is 0. The molecule has 4 aliphatic rings. The lowest BCUT2D eigenvalue weighted by atomic mass is 9.79. The van der Waals surface area contributed by atoms with E-state index in [1.165, 1.54) is 31.4 Å². The number of hydrogen-bond acceptors (Lipinski definition) is 4. The lowest BCUT2D eigenvalue weighted by molar-refractivity contribution is 0.0211. The van der Waals surface area contributed by atoms with Crippen molar-refractivity contribution in [2.45, 2.75) is 44.7 Å². The summed E-state index contributed by atoms with van der Waals surface area (Å²) in [6, 6.07) is 12.7. The van der Waals surface area contributed by atoms with Crippen LogP contribution in [0.5, 0.6) is 0 Å². The Hall–Kier alpha value is -2.27.